The van der Waals surface area contributed by atoms with Crippen molar-refractivity contribution in [2.45, 2.75) is 6.36 Å². The Morgan fingerprint density at radius 1 is 1.05 bits per heavy atom. The zero-order valence-corrected chi connectivity index (χ0v) is 19.2. The van der Waals surface area contributed by atoms with Crippen molar-refractivity contribution in [1.82, 2.24) is 25.1 Å². The fraction of sp³-hybridized carbons (Fsp3) is 0.273. The molecular formula is C22H21F3N8O4. The normalized spacial score (nSPS) is 14.1. The summed E-state index contributed by atoms with van der Waals surface area (Å²) in [7, 11) is 0. The number of hydrogen-bond acceptors (Lipinski definition) is 10. The van der Waals surface area contributed by atoms with Gasteiger partial charge in [0.05, 0.1) is 31.1 Å². The van der Waals surface area contributed by atoms with Gasteiger partial charge in [0, 0.05) is 36.6 Å². The van der Waals surface area contributed by atoms with E-state index < -0.39 is 23.9 Å². The van der Waals surface area contributed by atoms with Gasteiger partial charge in [-0.1, -0.05) is 0 Å². The molecule has 1 fully saturated rings. The summed E-state index contributed by atoms with van der Waals surface area (Å²) in [5.41, 5.74) is 6.08. The third-order valence-corrected chi connectivity index (χ3v) is 5.09. The van der Waals surface area contributed by atoms with Crippen molar-refractivity contribution in [3.63, 3.8) is 0 Å². The number of nitrogens with zero attached hydrogens (tertiary/aromatic N) is 5. The molecule has 15 heteroatoms. The number of nitrogens with one attached hydrogen (secondary N) is 2. The fourth-order valence-corrected chi connectivity index (χ4v) is 3.35. The van der Waals surface area contributed by atoms with E-state index in [0.29, 0.717) is 37.6 Å². The summed E-state index contributed by atoms with van der Waals surface area (Å²) >= 11 is 0. The number of benzene rings is 1. The third-order valence-electron chi connectivity index (χ3n) is 5.09. The summed E-state index contributed by atoms with van der Waals surface area (Å²) in [5.74, 6) is -1.74. The van der Waals surface area contributed by atoms with Crippen molar-refractivity contribution in [1.29, 1.82) is 0 Å². The molecule has 37 heavy (non-hydrogen) atoms. The van der Waals surface area contributed by atoms with Crippen LogP contribution in [-0.4, -0.2) is 76.1 Å². The number of morpholine rings is 1. The Bertz CT molecular complexity index is 1250. The molecule has 3 heterocycles. The summed E-state index contributed by atoms with van der Waals surface area (Å²) < 4.78 is 47.9. The fourth-order valence-electron chi connectivity index (χ4n) is 3.35. The first kappa shape index (κ1) is 25.7. The summed E-state index contributed by atoms with van der Waals surface area (Å²) in [6.07, 6.45) is -2.07. The lowest BCUT2D eigenvalue weighted by Gasteiger charge is -2.26. The molecule has 12 nitrogen and oxygen atoms in total. The molecule has 4 N–H and O–H groups in total. The first-order valence-electron chi connectivity index (χ1n) is 10.9. The van der Waals surface area contributed by atoms with Crippen LogP contribution in [0.5, 0.6) is 5.75 Å². The number of halogens is 3. The monoisotopic (exact) mass is 518 g/mol. The van der Waals surface area contributed by atoms with Gasteiger partial charge in [0.25, 0.3) is 5.91 Å². The van der Waals surface area contributed by atoms with Crippen LogP contribution >= 0.6 is 0 Å². The van der Waals surface area contributed by atoms with Gasteiger partial charge in [0.15, 0.2) is 11.6 Å². The minimum Gasteiger partial charge on any atom is -0.404 e. The van der Waals surface area contributed by atoms with Crippen molar-refractivity contribution in [3.05, 3.63) is 48.3 Å². The average Bonchev–Trinajstić information content (AvgIpc) is 2.86. The SMILES string of the molecule is Nc1ncc(-c2ccc(NC(=O)c3ccc(OC(F)(F)F)c(NC(=O)CN4CCOCC4)c3)nn2)cn1. The Labute approximate surface area is 208 Å². The minimum absolute atomic E-state index is 0.0472. The molecule has 0 atom stereocenters. The Hall–Kier alpha value is -4.37. The molecule has 0 radical (unpaired) electrons. The van der Waals surface area contributed by atoms with Gasteiger partial charge < -0.3 is 25.8 Å². The van der Waals surface area contributed by atoms with E-state index >= 15 is 0 Å². The van der Waals surface area contributed by atoms with Crippen molar-refractivity contribution < 1.29 is 32.2 Å². The van der Waals surface area contributed by atoms with Gasteiger partial charge in [0.1, 0.15) is 0 Å². The van der Waals surface area contributed by atoms with Crippen LogP contribution in [-0.2, 0) is 9.53 Å². The second kappa shape index (κ2) is 11.1. The molecule has 1 aromatic carbocycles. The first-order chi connectivity index (χ1) is 17.7. The quantitative estimate of drug-likeness (QED) is 0.422. The van der Waals surface area contributed by atoms with Crippen LogP contribution in [0.4, 0.5) is 30.6 Å². The number of ether oxygens (including phenoxy) is 2. The number of amides is 2. The summed E-state index contributed by atoms with van der Waals surface area (Å²) in [6.45, 7) is 1.85. The van der Waals surface area contributed by atoms with Crippen molar-refractivity contribution >= 4 is 29.3 Å². The highest BCUT2D eigenvalue weighted by Gasteiger charge is 2.32. The van der Waals surface area contributed by atoms with Gasteiger partial charge in [-0.15, -0.1) is 23.4 Å². The summed E-state index contributed by atoms with van der Waals surface area (Å²) in [5, 5.41) is 12.8. The summed E-state index contributed by atoms with van der Waals surface area (Å²) in [6, 6.07) is 6.20. The highest BCUT2D eigenvalue weighted by molar-refractivity contribution is 6.05. The minimum atomic E-state index is -5.00. The number of aromatic nitrogens is 4. The van der Waals surface area contributed by atoms with Crippen LogP contribution in [0.2, 0.25) is 0 Å². The van der Waals surface area contributed by atoms with Crippen LogP contribution in [0.25, 0.3) is 11.3 Å². The Morgan fingerprint density at radius 3 is 2.43 bits per heavy atom. The maximum Gasteiger partial charge on any atom is 0.573 e. The van der Waals surface area contributed by atoms with E-state index in [0.717, 1.165) is 18.2 Å². The Kier molecular flexibility index (Phi) is 7.74. The molecule has 0 aliphatic carbocycles. The number of rotatable bonds is 7. The maximum absolute atomic E-state index is 12.9. The summed E-state index contributed by atoms with van der Waals surface area (Å²) in [4.78, 5) is 34.7. The number of carbonyl (C=O) groups is 2. The first-order valence-corrected chi connectivity index (χ1v) is 10.9. The largest absolute Gasteiger partial charge is 0.573 e. The van der Waals surface area contributed by atoms with Gasteiger partial charge in [-0.2, -0.15) is 0 Å². The second-order valence-corrected chi connectivity index (χ2v) is 7.78. The lowest BCUT2D eigenvalue weighted by molar-refractivity contribution is -0.274. The molecule has 2 amide bonds. The Morgan fingerprint density at radius 2 is 1.78 bits per heavy atom. The number of nitrogen functional groups attached to an aromatic ring is 1. The van der Waals surface area contributed by atoms with Crippen LogP contribution in [0, 0.1) is 0 Å². The molecular weight excluding hydrogens is 497 g/mol. The predicted molar refractivity (Wildman–Crippen MR) is 124 cm³/mol. The lowest BCUT2D eigenvalue weighted by atomic mass is 10.1. The van der Waals surface area contributed by atoms with E-state index in [9.17, 15) is 22.8 Å². The topological polar surface area (TPSA) is 157 Å². The van der Waals surface area contributed by atoms with E-state index in [-0.39, 0.29) is 29.6 Å². The number of anilines is 3. The zero-order chi connectivity index (χ0) is 26.4. The molecule has 0 spiro atoms. The molecule has 4 rings (SSSR count). The molecule has 1 saturated heterocycles. The molecule has 0 saturated carbocycles. The number of alkyl halides is 3. The predicted octanol–water partition coefficient (Wildman–Crippen LogP) is 1.94. The van der Waals surface area contributed by atoms with E-state index in [1.54, 1.807) is 11.0 Å². The third kappa shape index (κ3) is 7.31. The Balaban J connectivity index is 1.48. The molecule has 1 aliphatic heterocycles. The van der Waals surface area contributed by atoms with Crippen LogP contribution in [0.15, 0.2) is 42.7 Å². The molecule has 3 aromatic rings. The molecule has 1 aliphatic rings. The highest BCUT2D eigenvalue weighted by atomic mass is 19.4. The second-order valence-electron chi connectivity index (χ2n) is 7.78. The number of nitrogens with two attached hydrogens (primary N) is 1. The highest BCUT2D eigenvalue weighted by Crippen LogP contribution is 2.31. The standard InChI is InChI=1S/C22H21F3N8O4/c23-22(24,25)37-17-3-1-13(9-16(17)29-19(34)12-33-5-7-36-8-6-33)20(35)30-18-4-2-15(31-32-18)14-10-27-21(26)28-11-14/h1-4,9-11H,5-8,12H2,(H,29,34)(H2,26,27,28)(H,30,32,35). The van der Waals surface area contributed by atoms with E-state index in [1.807, 2.05) is 0 Å². The van der Waals surface area contributed by atoms with Gasteiger partial charge >= 0.3 is 6.36 Å². The smallest absolute Gasteiger partial charge is 0.404 e. The number of carbonyl (C=O) groups excluding carboxylic acids is 2. The van der Waals surface area contributed by atoms with Crippen LogP contribution in [0.1, 0.15) is 10.4 Å². The maximum atomic E-state index is 12.9. The van der Waals surface area contributed by atoms with Crippen LogP contribution in [0.3, 0.4) is 0 Å². The van der Waals surface area contributed by atoms with Crippen LogP contribution < -0.4 is 21.1 Å². The number of hydrogen-bond donors (Lipinski definition) is 3. The van der Waals surface area contributed by atoms with Gasteiger partial charge in [-0.3, -0.25) is 14.5 Å². The van der Waals surface area contributed by atoms with Crippen molar-refractivity contribution in [3.8, 4) is 17.0 Å². The lowest BCUT2D eigenvalue weighted by Crippen LogP contribution is -2.41. The van der Waals surface area contributed by atoms with Gasteiger partial charge in [-0.25, -0.2) is 9.97 Å². The van der Waals surface area contributed by atoms with Gasteiger partial charge in [0.2, 0.25) is 11.9 Å². The van der Waals surface area contributed by atoms with Crippen molar-refractivity contribution in [2.75, 3.05) is 49.2 Å². The zero-order valence-electron chi connectivity index (χ0n) is 19.2. The van der Waals surface area contributed by atoms with Gasteiger partial charge in [-0.05, 0) is 30.3 Å². The molecule has 0 unspecified atom stereocenters. The van der Waals surface area contributed by atoms with E-state index in [1.165, 1.54) is 18.5 Å². The molecule has 194 valence electrons. The van der Waals surface area contributed by atoms with Crippen molar-refractivity contribution in [2.24, 2.45) is 0 Å². The van der Waals surface area contributed by atoms with E-state index in [2.05, 4.69) is 35.5 Å². The molecule has 0 bridgehead atoms. The van der Waals surface area contributed by atoms with E-state index in [4.69, 9.17) is 10.5 Å². The average molecular weight is 518 g/mol. The molecule has 2 aromatic heterocycles.